The summed E-state index contributed by atoms with van der Waals surface area (Å²) in [6, 6.07) is 20.1. The van der Waals surface area contributed by atoms with Gasteiger partial charge in [-0.3, -0.25) is 29.0 Å². The molecule has 2 aliphatic heterocycles. The lowest BCUT2D eigenvalue weighted by Crippen LogP contribution is -2.33. The average molecular weight is 787 g/mol. The van der Waals surface area contributed by atoms with E-state index in [4.69, 9.17) is 9.47 Å². The zero-order valence-corrected chi connectivity index (χ0v) is 29.0. The molecule has 4 aromatic rings. The lowest BCUT2D eigenvalue weighted by atomic mass is 10.1. The highest BCUT2D eigenvalue weighted by Crippen LogP contribution is 2.34. The topological polar surface area (TPSA) is 118 Å². The van der Waals surface area contributed by atoms with Gasteiger partial charge in [0.25, 0.3) is 34.1 Å². The summed E-state index contributed by atoms with van der Waals surface area (Å²) in [4.78, 5) is 61.8. The van der Waals surface area contributed by atoms with Crippen LogP contribution < -0.4 is 0 Å². The number of fused-ring (bicyclic) bond motifs is 2. The summed E-state index contributed by atoms with van der Waals surface area (Å²) in [6.07, 6.45) is -9.21. The van der Waals surface area contributed by atoms with Gasteiger partial charge >= 0.3 is 12.4 Å². The van der Waals surface area contributed by atoms with E-state index in [1.54, 1.807) is 24.3 Å². The van der Waals surface area contributed by atoms with Crippen LogP contribution in [-0.2, 0) is 21.8 Å². The minimum Gasteiger partial charge on any atom is -0.470 e. The molecule has 0 saturated carbocycles. The predicted octanol–water partition coefficient (Wildman–Crippen LogP) is 8.41. The number of hydrogen-bond acceptors (Lipinski definition) is 10. The highest BCUT2D eigenvalue weighted by atomic mass is 33.1. The number of aliphatic imine (C=N–C) groups is 2. The van der Waals surface area contributed by atoms with Crippen molar-refractivity contribution in [1.29, 1.82) is 0 Å². The van der Waals surface area contributed by atoms with Crippen LogP contribution in [0.25, 0.3) is 0 Å². The Kier molecular flexibility index (Phi) is 11.1. The third-order valence-electron chi connectivity index (χ3n) is 7.85. The van der Waals surface area contributed by atoms with E-state index in [0.29, 0.717) is 0 Å². The van der Waals surface area contributed by atoms with E-state index in [1.807, 2.05) is 0 Å². The normalized spacial score (nSPS) is 14.9. The molecule has 2 aliphatic rings. The van der Waals surface area contributed by atoms with Crippen LogP contribution in [0.2, 0.25) is 0 Å². The molecular formula is C36H24F6N4O6S2. The molecule has 4 amide bonds. The number of amides is 4. The smallest absolute Gasteiger partial charge is 0.416 e. The second kappa shape index (κ2) is 15.8. The first-order valence-electron chi connectivity index (χ1n) is 15.7. The number of rotatable bonds is 8. The van der Waals surface area contributed by atoms with E-state index in [1.165, 1.54) is 24.3 Å². The Morgan fingerprint density at radius 2 is 0.796 bits per heavy atom. The van der Waals surface area contributed by atoms with Crippen LogP contribution in [0.5, 0.6) is 0 Å². The van der Waals surface area contributed by atoms with Crippen molar-refractivity contribution >= 4 is 67.1 Å². The summed E-state index contributed by atoms with van der Waals surface area (Å²) in [5, 5.41) is -0.360. The molecule has 0 unspecified atom stereocenters. The Labute approximate surface area is 310 Å². The minimum atomic E-state index is -4.60. The van der Waals surface area contributed by atoms with E-state index >= 15 is 0 Å². The van der Waals surface area contributed by atoms with Gasteiger partial charge in [-0.05, 0) is 72.8 Å². The first-order chi connectivity index (χ1) is 25.7. The van der Waals surface area contributed by atoms with Gasteiger partial charge in [0.2, 0.25) is 0 Å². The number of benzene rings is 4. The Hall–Kier alpha value is -5.62. The van der Waals surface area contributed by atoms with Crippen molar-refractivity contribution in [2.45, 2.75) is 12.4 Å². The molecule has 2 heterocycles. The summed E-state index contributed by atoms with van der Waals surface area (Å²) in [7, 11) is 1.51. The number of ether oxygens (including phenoxy) is 2. The van der Waals surface area contributed by atoms with Crippen molar-refractivity contribution in [2.24, 2.45) is 9.98 Å². The van der Waals surface area contributed by atoms with Crippen molar-refractivity contribution in [1.82, 2.24) is 9.80 Å². The van der Waals surface area contributed by atoms with E-state index in [0.717, 1.165) is 79.9 Å². The monoisotopic (exact) mass is 786 g/mol. The van der Waals surface area contributed by atoms with Crippen LogP contribution in [-0.4, -0.2) is 70.2 Å². The second-order valence-corrected chi connectivity index (χ2v) is 13.4. The van der Waals surface area contributed by atoms with Gasteiger partial charge < -0.3 is 9.47 Å². The largest absolute Gasteiger partial charge is 0.470 e. The Morgan fingerprint density at radius 3 is 1.07 bits per heavy atom. The maximum Gasteiger partial charge on any atom is 0.416 e. The number of carbonyl (C=O) groups is 4. The van der Waals surface area contributed by atoms with Crippen LogP contribution in [0.15, 0.2) is 107 Å². The fraction of sp³-hybridized carbons (Fsp3) is 0.167. The maximum atomic E-state index is 13.2. The SMILES string of the molecule is O=C1c2ccccc2C(=O)N1CCOC(=Nc1ccc(C(F)(F)F)cc1)SSC(=Nc1ccc(C(F)(F)F)cc1)OCCN1C(=O)c2ccccc2C1=O. The molecule has 54 heavy (non-hydrogen) atoms. The third kappa shape index (κ3) is 8.60. The van der Waals surface area contributed by atoms with Gasteiger partial charge in [-0.2, -0.15) is 26.3 Å². The first-order valence-corrected chi connectivity index (χ1v) is 17.9. The molecule has 0 saturated heterocycles. The molecule has 4 aromatic carbocycles. The summed E-state index contributed by atoms with van der Waals surface area (Å²) in [5.41, 5.74) is -0.897. The fourth-order valence-electron chi connectivity index (χ4n) is 5.21. The van der Waals surface area contributed by atoms with Crippen LogP contribution in [0.1, 0.15) is 52.6 Å². The van der Waals surface area contributed by atoms with Crippen molar-refractivity contribution in [2.75, 3.05) is 26.3 Å². The second-order valence-electron chi connectivity index (χ2n) is 11.3. The fourth-order valence-corrected chi connectivity index (χ4v) is 6.85. The Morgan fingerprint density at radius 1 is 0.500 bits per heavy atom. The van der Waals surface area contributed by atoms with Gasteiger partial charge in [0.05, 0.1) is 57.8 Å². The van der Waals surface area contributed by atoms with Crippen LogP contribution in [0.4, 0.5) is 37.7 Å². The lowest BCUT2D eigenvalue weighted by molar-refractivity contribution is -0.138. The van der Waals surface area contributed by atoms with Crippen LogP contribution in [0, 0.1) is 0 Å². The number of halogens is 6. The first kappa shape index (κ1) is 38.1. The number of carbonyl (C=O) groups excluding carboxylic acids is 4. The molecule has 0 aromatic heterocycles. The molecule has 6 rings (SSSR count). The quantitative estimate of drug-likeness (QED) is 0.0575. The number of imide groups is 2. The Bertz CT molecular complexity index is 1940. The summed E-state index contributed by atoms with van der Waals surface area (Å²) in [5.74, 6) is -2.17. The molecule has 0 radical (unpaired) electrons. The molecule has 18 heteroatoms. The molecule has 0 bridgehead atoms. The zero-order valence-electron chi connectivity index (χ0n) is 27.4. The number of hydrogen-bond donors (Lipinski definition) is 0. The molecule has 0 N–H and O–H groups in total. The molecular weight excluding hydrogens is 763 g/mol. The molecule has 0 aliphatic carbocycles. The Balaban J connectivity index is 1.20. The van der Waals surface area contributed by atoms with E-state index in [-0.39, 0.29) is 70.4 Å². The molecule has 0 atom stereocenters. The van der Waals surface area contributed by atoms with Gasteiger partial charge in [0, 0.05) is 21.6 Å². The maximum absolute atomic E-state index is 13.2. The zero-order chi connectivity index (χ0) is 38.6. The molecule has 0 fully saturated rings. The summed E-state index contributed by atoms with van der Waals surface area (Å²) < 4.78 is 90.7. The van der Waals surface area contributed by atoms with E-state index in [2.05, 4.69) is 9.98 Å². The van der Waals surface area contributed by atoms with Crippen molar-refractivity contribution in [3.8, 4) is 0 Å². The number of alkyl halides is 6. The van der Waals surface area contributed by atoms with E-state index in [9.17, 15) is 45.5 Å². The van der Waals surface area contributed by atoms with E-state index < -0.39 is 47.1 Å². The van der Waals surface area contributed by atoms with Gasteiger partial charge in [-0.25, -0.2) is 9.98 Å². The highest BCUT2D eigenvalue weighted by molar-refractivity contribution is 8.87. The van der Waals surface area contributed by atoms with Crippen molar-refractivity contribution in [3.05, 3.63) is 130 Å². The van der Waals surface area contributed by atoms with Crippen LogP contribution in [0.3, 0.4) is 0 Å². The predicted molar refractivity (Wildman–Crippen MR) is 188 cm³/mol. The lowest BCUT2D eigenvalue weighted by Gasteiger charge is -2.16. The van der Waals surface area contributed by atoms with Gasteiger partial charge in [-0.15, -0.1) is 0 Å². The van der Waals surface area contributed by atoms with Gasteiger partial charge in [-0.1, -0.05) is 24.3 Å². The summed E-state index contributed by atoms with van der Waals surface area (Å²) in [6.45, 7) is -1.01. The van der Waals surface area contributed by atoms with Crippen molar-refractivity contribution in [3.63, 3.8) is 0 Å². The average Bonchev–Trinajstić information content (AvgIpc) is 3.53. The van der Waals surface area contributed by atoms with Gasteiger partial charge in [0.15, 0.2) is 0 Å². The molecule has 0 spiro atoms. The van der Waals surface area contributed by atoms with Gasteiger partial charge in [0.1, 0.15) is 13.2 Å². The standard InChI is InChI=1S/C36H24F6N4O6S2/c37-35(38,39)21-9-13-23(14-10-21)43-33(51-19-17-45-29(47)25-5-1-2-6-26(25)30(45)48)53-54-34(44-24-15-11-22(12-16-24)36(40,41)42)52-20-18-46-31(49)27-7-3-4-8-28(27)32(46)50/h1-16H,17-20H2. The van der Waals surface area contributed by atoms with Crippen LogP contribution >= 0.6 is 21.6 Å². The number of nitrogens with zero attached hydrogens (tertiary/aromatic N) is 4. The third-order valence-corrected chi connectivity index (χ3v) is 9.74. The molecule has 10 nitrogen and oxygen atoms in total. The molecule has 278 valence electrons. The van der Waals surface area contributed by atoms with Crippen molar-refractivity contribution < 1.29 is 55.0 Å². The minimum absolute atomic E-state index is 0.0413. The highest BCUT2D eigenvalue weighted by Gasteiger charge is 2.36. The summed E-state index contributed by atoms with van der Waals surface area (Å²) >= 11 is 0.